The van der Waals surface area contributed by atoms with Crippen LogP contribution in [0.4, 0.5) is 0 Å². The van der Waals surface area contributed by atoms with Crippen LogP contribution in [-0.4, -0.2) is 7.05 Å². The Morgan fingerprint density at radius 2 is 1.92 bits per heavy atom. The third kappa shape index (κ3) is 3.98. The summed E-state index contributed by atoms with van der Waals surface area (Å²) in [7, 11) is 2.03. The third-order valence-corrected chi connectivity index (χ3v) is 5.38. The number of rotatable bonds is 5. The molecule has 0 aromatic heterocycles. The van der Waals surface area contributed by atoms with E-state index in [0.29, 0.717) is 11.8 Å². The van der Waals surface area contributed by atoms with E-state index >= 15 is 0 Å². The first-order valence-corrected chi connectivity index (χ1v) is 9.45. The van der Waals surface area contributed by atoms with Crippen molar-refractivity contribution in [3.05, 3.63) is 76.0 Å². The van der Waals surface area contributed by atoms with E-state index < -0.39 is 0 Å². The van der Waals surface area contributed by atoms with E-state index in [1.165, 1.54) is 39.1 Å². The van der Waals surface area contributed by atoms with Gasteiger partial charge in [-0.15, -0.1) is 0 Å². The van der Waals surface area contributed by atoms with Gasteiger partial charge in [0.05, 0.1) is 0 Å². The lowest BCUT2D eigenvalue weighted by Gasteiger charge is -2.33. The zero-order valence-electron chi connectivity index (χ0n) is 16.9. The molecule has 1 aliphatic carbocycles. The number of allylic oxidation sites excluding steroid dienone is 7. The van der Waals surface area contributed by atoms with Gasteiger partial charge in [-0.1, -0.05) is 61.4 Å². The summed E-state index contributed by atoms with van der Waals surface area (Å²) < 4.78 is 0. The van der Waals surface area contributed by atoms with Crippen molar-refractivity contribution in [2.75, 3.05) is 7.05 Å². The minimum atomic E-state index is 0.420. The fourth-order valence-electron chi connectivity index (χ4n) is 3.77. The van der Waals surface area contributed by atoms with E-state index in [-0.39, 0.29) is 0 Å². The van der Waals surface area contributed by atoms with E-state index in [0.717, 1.165) is 6.42 Å². The Bertz CT molecular complexity index is 743. The maximum atomic E-state index is 3.43. The Labute approximate surface area is 154 Å². The molecule has 0 radical (unpaired) electrons. The quantitative estimate of drug-likeness (QED) is 0.617. The van der Waals surface area contributed by atoms with Gasteiger partial charge in [0.1, 0.15) is 0 Å². The minimum Gasteiger partial charge on any atom is -0.388 e. The highest BCUT2D eigenvalue weighted by Gasteiger charge is 2.28. The number of likely N-dealkylation sites (N-methyl/N-ethyl adjacent to an activating group) is 1. The lowest BCUT2D eigenvalue weighted by Crippen LogP contribution is -2.23. The molecule has 1 nitrogen and oxygen atoms in total. The van der Waals surface area contributed by atoms with Gasteiger partial charge in [0.2, 0.25) is 0 Å². The molecule has 0 spiro atoms. The van der Waals surface area contributed by atoms with Crippen molar-refractivity contribution >= 4 is 5.57 Å². The summed E-state index contributed by atoms with van der Waals surface area (Å²) in [6, 6.07) is 6.76. The Hall–Kier alpha value is -2.02. The Morgan fingerprint density at radius 3 is 2.52 bits per heavy atom. The molecular formula is C24H33N. The van der Waals surface area contributed by atoms with Crippen molar-refractivity contribution in [2.45, 2.75) is 48.0 Å². The molecule has 2 unspecified atom stereocenters. The molecule has 1 heteroatoms. The van der Waals surface area contributed by atoms with Crippen LogP contribution in [0.15, 0.2) is 59.3 Å². The molecule has 1 aromatic carbocycles. The van der Waals surface area contributed by atoms with Crippen molar-refractivity contribution in [3.63, 3.8) is 0 Å². The van der Waals surface area contributed by atoms with Crippen molar-refractivity contribution < 1.29 is 0 Å². The predicted molar refractivity (Wildman–Crippen MR) is 111 cm³/mol. The smallest absolute Gasteiger partial charge is 0.0335 e. The highest BCUT2D eigenvalue weighted by molar-refractivity contribution is 5.82. The van der Waals surface area contributed by atoms with Crippen LogP contribution in [0.2, 0.25) is 0 Å². The van der Waals surface area contributed by atoms with Crippen LogP contribution in [0.3, 0.4) is 0 Å². The van der Waals surface area contributed by atoms with E-state index in [4.69, 9.17) is 0 Å². The van der Waals surface area contributed by atoms with Crippen LogP contribution < -0.4 is 5.32 Å². The number of hydrogen-bond donors (Lipinski definition) is 1. The Kier molecular flexibility index (Phi) is 6.47. The molecule has 1 N–H and O–H groups in total. The first-order chi connectivity index (χ1) is 11.9. The van der Waals surface area contributed by atoms with Gasteiger partial charge in [0, 0.05) is 18.7 Å². The van der Waals surface area contributed by atoms with Crippen molar-refractivity contribution in [1.82, 2.24) is 5.32 Å². The highest BCUT2D eigenvalue weighted by atomic mass is 14.8. The van der Waals surface area contributed by atoms with Gasteiger partial charge in [-0.3, -0.25) is 0 Å². The molecule has 0 heterocycles. The van der Waals surface area contributed by atoms with E-state index in [2.05, 4.69) is 89.4 Å². The summed E-state index contributed by atoms with van der Waals surface area (Å²) in [6.07, 6.45) is 10.3. The largest absolute Gasteiger partial charge is 0.388 e. The first kappa shape index (κ1) is 19.3. The van der Waals surface area contributed by atoms with Gasteiger partial charge in [-0.05, 0) is 68.4 Å². The normalized spacial score (nSPS) is 21.7. The van der Waals surface area contributed by atoms with E-state index in [1.807, 2.05) is 7.05 Å². The van der Waals surface area contributed by atoms with Crippen LogP contribution in [0.5, 0.6) is 0 Å². The molecule has 1 aliphatic rings. The monoisotopic (exact) mass is 335 g/mol. The van der Waals surface area contributed by atoms with Crippen molar-refractivity contribution in [2.24, 2.45) is 11.8 Å². The van der Waals surface area contributed by atoms with E-state index in [9.17, 15) is 0 Å². The zero-order chi connectivity index (χ0) is 18.6. The summed E-state index contributed by atoms with van der Waals surface area (Å²) in [5.74, 6) is 0.906. The second-order valence-corrected chi connectivity index (χ2v) is 7.13. The Balaban J connectivity index is 2.69. The Morgan fingerprint density at radius 1 is 1.20 bits per heavy atom. The zero-order valence-corrected chi connectivity index (χ0v) is 16.9. The standard InChI is InChI=1S/C24H33N/c1-8-10-20-18(5)19(6)22(15-23(20)24(25-7)11-9-2)21-14-16(3)12-13-17(21)4/h8,10-15,18,20,25H,9H2,1-7H3/b10-8-,24-11+. The van der Waals surface area contributed by atoms with Crippen LogP contribution in [0, 0.1) is 25.7 Å². The average Bonchev–Trinajstić information content (AvgIpc) is 2.60. The summed E-state index contributed by atoms with van der Waals surface area (Å²) in [6.45, 7) is 13.4. The second-order valence-electron chi connectivity index (χ2n) is 7.13. The van der Waals surface area contributed by atoms with Gasteiger partial charge in [-0.25, -0.2) is 0 Å². The summed E-state index contributed by atoms with van der Waals surface area (Å²) in [5.41, 5.74) is 9.56. The number of aryl methyl sites for hydroxylation is 2. The number of hydrogen-bond acceptors (Lipinski definition) is 1. The molecule has 0 amide bonds. The maximum Gasteiger partial charge on any atom is 0.0335 e. The molecule has 2 atom stereocenters. The topological polar surface area (TPSA) is 12.0 Å². The third-order valence-electron chi connectivity index (χ3n) is 5.38. The molecule has 25 heavy (non-hydrogen) atoms. The first-order valence-electron chi connectivity index (χ1n) is 9.45. The summed E-state index contributed by atoms with van der Waals surface area (Å²) in [4.78, 5) is 0. The average molecular weight is 336 g/mol. The fraction of sp³-hybridized carbons (Fsp3) is 0.417. The summed E-state index contributed by atoms with van der Waals surface area (Å²) in [5, 5.41) is 3.43. The molecule has 0 saturated carbocycles. The predicted octanol–water partition coefficient (Wildman–Crippen LogP) is 6.36. The number of nitrogens with one attached hydrogen (secondary N) is 1. The van der Waals surface area contributed by atoms with Gasteiger partial charge in [-0.2, -0.15) is 0 Å². The van der Waals surface area contributed by atoms with Gasteiger partial charge in [0.25, 0.3) is 0 Å². The van der Waals surface area contributed by atoms with Crippen molar-refractivity contribution in [3.8, 4) is 0 Å². The lowest BCUT2D eigenvalue weighted by atomic mass is 9.73. The van der Waals surface area contributed by atoms with Crippen LogP contribution in [0.25, 0.3) is 5.57 Å². The van der Waals surface area contributed by atoms with Gasteiger partial charge < -0.3 is 5.32 Å². The van der Waals surface area contributed by atoms with Crippen molar-refractivity contribution in [1.29, 1.82) is 0 Å². The molecule has 2 rings (SSSR count). The molecule has 1 aromatic rings. The molecule has 0 fully saturated rings. The van der Waals surface area contributed by atoms with Crippen LogP contribution in [-0.2, 0) is 0 Å². The van der Waals surface area contributed by atoms with Crippen LogP contribution in [0.1, 0.15) is 50.8 Å². The SMILES string of the molecule is C/C=C\C1C(/C(=C\CC)NC)=CC(c2cc(C)ccc2C)=C(C)C1C. The summed E-state index contributed by atoms with van der Waals surface area (Å²) >= 11 is 0. The van der Waals surface area contributed by atoms with Gasteiger partial charge >= 0.3 is 0 Å². The second kappa shape index (κ2) is 8.38. The lowest BCUT2D eigenvalue weighted by molar-refractivity contribution is 0.545. The molecule has 134 valence electrons. The molecule has 0 saturated heterocycles. The maximum absolute atomic E-state index is 3.43. The minimum absolute atomic E-state index is 0.420. The van der Waals surface area contributed by atoms with Crippen LogP contribution >= 0.6 is 0 Å². The number of benzene rings is 1. The highest BCUT2D eigenvalue weighted by Crippen LogP contribution is 2.42. The van der Waals surface area contributed by atoms with E-state index in [1.54, 1.807) is 0 Å². The molecular weight excluding hydrogens is 302 g/mol. The molecule has 0 bridgehead atoms. The molecule has 0 aliphatic heterocycles. The fourth-order valence-corrected chi connectivity index (χ4v) is 3.77. The van der Waals surface area contributed by atoms with Gasteiger partial charge in [0.15, 0.2) is 0 Å².